The highest BCUT2D eigenvalue weighted by atomic mass is 16.4. The van der Waals surface area contributed by atoms with Crippen LogP contribution in [0.5, 0.6) is 0 Å². The summed E-state index contributed by atoms with van der Waals surface area (Å²) in [4.78, 5) is 10.3. The molecule has 8 nitrogen and oxygen atoms in total. The lowest BCUT2D eigenvalue weighted by Gasteiger charge is -2.43. The Morgan fingerprint density at radius 3 is 2.34 bits per heavy atom. The lowest BCUT2D eigenvalue weighted by Crippen LogP contribution is -2.62. The second-order valence-electron chi connectivity index (χ2n) is 8.05. The highest BCUT2D eigenvalue weighted by molar-refractivity contribution is 5.59. The highest BCUT2D eigenvalue weighted by Crippen LogP contribution is 2.22. The van der Waals surface area contributed by atoms with Crippen molar-refractivity contribution in [3.05, 3.63) is 78.1 Å². The molecule has 1 fully saturated rings. The van der Waals surface area contributed by atoms with Crippen molar-refractivity contribution in [2.45, 2.75) is 37.4 Å². The standard InChI is InChI=1S/C24H28N4O4/c29-15-20-22(31)23(32)21(30)14-28(20)13-17-4-1-3-16(11-17)12-27-19-7-5-18(6-8-19)24-25-9-2-10-26-24/h1-11,20-23,27,29-32H,12-15H2/t20-,21+,22-,23-/m1/s1. The number of hydrogen-bond acceptors (Lipinski definition) is 8. The van der Waals surface area contributed by atoms with Gasteiger partial charge in [0.25, 0.3) is 0 Å². The van der Waals surface area contributed by atoms with E-state index in [2.05, 4.69) is 21.4 Å². The molecule has 0 unspecified atom stereocenters. The van der Waals surface area contributed by atoms with E-state index >= 15 is 0 Å². The molecule has 5 N–H and O–H groups in total. The van der Waals surface area contributed by atoms with E-state index < -0.39 is 24.4 Å². The molecule has 32 heavy (non-hydrogen) atoms. The zero-order valence-corrected chi connectivity index (χ0v) is 17.6. The van der Waals surface area contributed by atoms with E-state index in [0.29, 0.717) is 18.9 Å². The Balaban J connectivity index is 1.38. The molecule has 0 saturated carbocycles. The normalized spacial score (nSPS) is 23.8. The van der Waals surface area contributed by atoms with Crippen molar-refractivity contribution in [1.82, 2.24) is 14.9 Å². The van der Waals surface area contributed by atoms with Crippen LogP contribution in [0.4, 0.5) is 5.69 Å². The minimum Gasteiger partial charge on any atom is -0.395 e. The summed E-state index contributed by atoms with van der Waals surface area (Å²) in [5.74, 6) is 0.688. The average Bonchev–Trinajstić information content (AvgIpc) is 2.83. The van der Waals surface area contributed by atoms with E-state index in [-0.39, 0.29) is 13.2 Å². The van der Waals surface area contributed by atoms with Crippen molar-refractivity contribution < 1.29 is 20.4 Å². The summed E-state index contributed by atoms with van der Waals surface area (Å²) in [6, 6.07) is 17.1. The van der Waals surface area contributed by atoms with Crippen LogP contribution in [0.3, 0.4) is 0 Å². The first-order chi connectivity index (χ1) is 15.5. The molecule has 0 radical (unpaired) electrons. The van der Waals surface area contributed by atoms with Crippen LogP contribution in [0.2, 0.25) is 0 Å². The van der Waals surface area contributed by atoms with Gasteiger partial charge in [0.15, 0.2) is 5.82 Å². The molecule has 0 bridgehead atoms. The number of piperidine rings is 1. The van der Waals surface area contributed by atoms with Crippen LogP contribution in [0.25, 0.3) is 11.4 Å². The number of benzene rings is 2. The minimum absolute atomic E-state index is 0.184. The Hall–Kier alpha value is -2.88. The molecule has 8 heteroatoms. The van der Waals surface area contributed by atoms with Crippen LogP contribution in [0, 0.1) is 0 Å². The fourth-order valence-electron chi connectivity index (χ4n) is 4.02. The quantitative estimate of drug-likeness (QED) is 0.372. The van der Waals surface area contributed by atoms with Gasteiger partial charge in [0, 0.05) is 43.3 Å². The van der Waals surface area contributed by atoms with Crippen LogP contribution >= 0.6 is 0 Å². The van der Waals surface area contributed by atoms with E-state index in [0.717, 1.165) is 22.4 Å². The molecule has 0 aliphatic carbocycles. The molecule has 4 rings (SSSR count). The van der Waals surface area contributed by atoms with Gasteiger partial charge in [-0.25, -0.2) is 9.97 Å². The molecule has 0 spiro atoms. The Bertz CT molecular complexity index is 1000. The van der Waals surface area contributed by atoms with Crippen molar-refractivity contribution in [2.75, 3.05) is 18.5 Å². The van der Waals surface area contributed by atoms with E-state index in [4.69, 9.17) is 0 Å². The highest BCUT2D eigenvalue weighted by Gasteiger charge is 2.40. The van der Waals surface area contributed by atoms with Crippen molar-refractivity contribution in [2.24, 2.45) is 0 Å². The molecule has 1 saturated heterocycles. The second kappa shape index (κ2) is 10.2. The van der Waals surface area contributed by atoms with Gasteiger partial charge in [0.05, 0.1) is 18.8 Å². The predicted octanol–water partition coefficient (Wildman–Crippen LogP) is 1.01. The number of nitrogens with one attached hydrogen (secondary N) is 1. The van der Waals surface area contributed by atoms with Gasteiger partial charge in [-0.3, -0.25) is 4.90 Å². The van der Waals surface area contributed by atoms with Crippen molar-refractivity contribution in [3.8, 4) is 11.4 Å². The Morgan fingerprint density at radius 1 is 0.906 bits per heavy atom. The summed E-state index contributed by atoms with van der Waals surface area (Å²) >= 11 is 0. The number of β-amino-alcohol motifs (C(OH)–C–C–N with tert-alkyl or cyclic N) is 1. The molecule has 2 aromatic carbocycles. The molecule has 0 amide bonds. The third-order valence-electron chi connectivity index (χ3n) is 5.80. The Labute approximate surface area is 186 Å². The lowest BCUT2D eigenvalue weighted by molar-refractivity contribution is -0.147. The van der Waals surface area contributed by atoms with Crippen molar-refractivity contribution >= 4 is 5.69 Å². The number of aromatic nitrogens is 2. The van der Waals surface area contributed by atoms with Crippen LogP contribution < -0.4 is 5.32 Å². The molecular formula is C24H28N4O4. The topological polar surface area (TPSA) is 122 Å². The molecule has 168 valence electrons. The SMILES string of the molecule is OC[C@@H]1[C@@H](O)[C@H](O)[C@@H](O)CN1Cc1cccc(CNc2ccc(-c3ncccn3)cc2)c1. The van der Waals surface area contributed by atoms with E-state index in [1.807, 2.05) is 42.5 Å². The van der Waals surface area contributed by atoms with Crippen LogP contribution in [0.1, 0.15) is 11.1 Å². The number of anilines is 1. The maximum atomic E-state index is 10.2. The minimum atomic E-state index is -1.25. The first-order valence-electron chi connectivity index (χ1n) is 10.6. The molecule has 2 heterocycles. The maximum absolute atomic E-state index is 10.2. The first-order valence-corrected chi connectivity index (χ1v) is 10.6. The molecule has 4 atom stereocenters. The number of aliphatic hydroxyl groups is 4. The van der Waals surface area contributed by atoms with E-state index in [1.54, 1.807) is 23.4 Å². The van der Waals surface area contributed by atoms with E-state index in [1.165, 1.54) is 0 Å². The fourth-order valence-corrected chi connectivity index (χ4v) is 4.02. The predicted molar refractivity (Wildman–Crippen MR) is 121 cm³/mol. The summed E-state index contributed by atoms with van der Waals surface area (Å²) in [6.45, 7) is 0.966. The van der Waals surface area contributed by atoms with Gasteiger partial charge in [-0.2, -0.15) is 0 Å². The number of rotatable bonds is 7. The number of aliphatic hydroxyl groups excluding tert-OH is 4. The summed E-state index contributed by atoms with van der Waals surface area (Å²) < 4.78 is 0. The van der Waals surface area contributed by atoms with Crippen LogP contribution in [-0.4, -0.2) is 72.8 Å². The van der Waals surface area contributed by atoms with Gasteiger partial charge >= 0.3 is 0 Å². The second-order valence-corrected chi connectivity index (χ2v) is 8.05. The fraction of sp³-hybridized carbons (Fsp3) is 0.333. The third-order valence-corrected chi connectivity index (χ3v) is 5.80. The Morgan fingerprint density at radius 2 is 1.62 bits per heavy atom. The van der Waals surface area contributed by atoms with Crippen molar-refractivity contribution in [1.29, 1.82) is 0 Å². The van der Waals surface area contributed by atoms with Gasteiger partial charge in [-0.05, 0) is 41.5 Å². The smallest absolute Gasteiger partial charge is 0.159 e. The Kier molecular flexibility index (Phi) is 7.09. The van der Waals surface area contributed by atoms with Gasteiger partial charge in [0.2, 0.25) is 0 Å². The molecule has 1 aliphatic heterocycles. The van der Waals surface area contributed by atoms with Crippen LogP contribution in [-0.2, 0) is 13.1 Å². The van der Waals surface area contributed by atoms with E-state index in [9.17, 15) is 20.4 Å². The lowest BCUT2D eigenvalue weighted by atomic mass is 9.93. The summed E-state index contributed by atoms with van der Waals surface area (Å²) in [5.41, 5.74) is 4.01. The number of nitrogens with zero attached hydrogens (tertiary/aromatic N) is 3. The largest absolute Gasteiger partial charge is 0.395 e. The van der Waals surface area contributed by atoms with Gasteiger partial charge in [0.1, 0.15) is 12.2 Å². The average molecular weight is 437 g/mol. The monoisotopic (exact) mass is 436 g/mol. The number of likely N-dealkylation sites (tertiary alicyclic amines) is 1. The third kappa shape index (κ3) is 5.12. The summed E-state index contributed by atoms with van der Waals surface area (Å²) in [6.07, 6.45) is -0.0615. The van der Waals surface area contributed by atoms with Gasteiger partial charge in [-0.1, -0.05) is 24.3 Å². The molecule has 1 aromatic heterocycles. The zero-order chi connectivity index (χ0) is 22.5. The number of hydrogen-bond donors (Lipinski definition) is 5. The van der Waals surface area contributed by atoms with Gasteiger partial charge in [-0.15, -0.1) is 0 Å². The maximum Gasteiger partial charge on any atom is 0.159 e. The molecular weight excluding hydrogens is 408 g/mol. The first kappa shape index (κ1) is 22.3. The summed E-state index contributed by atoms with van der Waals surface area (Å²) in [7, 11) is 0. The molecule has 1 aliphatic rings. The zero-order valence-electron chi connectivity index (χ0n) is 17.6. The summed E-state index contributed by atoms with van der Waals surface area (Å²) in [5, 5.41) is 43.1. The molecule has 3 aromatic rings. The van der Waals surface area contributed by atoms with Gasteiger partial charge < -0.3 is 25.7 Å². The van der Waals surface area contributed by atoms with Crippen LogP contribution in [0.15, 0.2) is 67.0 Å². The van der Waals surface area contributed by atoms with Crippen molar-refractivity contribution in [3.63, 3.8) is 0 Å².